The van der Waals surface area contributed by atoms with Crippen LogP contribution in [-0.4, -0.2) is 10.7 Å². The van der Waals surface area contributed by atoms with Crippen LogP contribution in [0.1, 0.15) is 36.8 Å². The van der Waals surface area contributed by atoms with E-state index < -0.39 is 5.60 Å². The molecular weight excluding hydrogens is 220 g/mol. The van der Waals surface area contributed by atoms with Gasteiger partial charge in [-0.15, -0.1) is 0 Å². The number of aliphatic hydroxyl groups is 1. The zero-order chi connectivity index (χ0) is 11.6. The standard InChI is InChI=1S/C14H15ClO/c1-11-4-5-12(10-13(11)15)6-9-14(16)7-2-3-8-14/h4-5,10,16H,2-3,7-8H2,1H3. The SMILES string of the molecule is Cc1ccc(C#CC2(O)CCCC2)cc1Cl. The zero-order valence-electron chi connectivity index (χ0n) is 9.39. The molecule has 2 heteroatoms. The van der Waals surface area contributed by atoms with Crippen LogP contribution in [0.3, 0.4) is 0 Å². The molecule has 0 spiro atoms. The molecule has 1 N–H and O–H groups in total. The molecule has 0 atom stereocenters. The summed E-state index contributed by atoms with van der Waals surface area (Å²) in [6, 6.07) is 5.74. The highest BCUT2D eigenvalue weighted by Crippen LogP contribution is 2.28. The summed E-state index contributed by atoms with van der Waals surface area (Å²) in [5.41, 5.74) is 1.15. The third-order valence-corrected chi connectivity index (χ3v) is 3.45. The van der Waals surface area contributed by atoms with E-state index in [0.717, 1.165) is 41.8 Å². The van der Waals surface area contributed by atoms with Crippen molar-refractivity contribution >= 4 is 11.6 Å². The first kappa shape index (κ1) is 11.5. The fourth-order valence-electron chi connectivity index (χ4n) is 1.94. The molecule has 1 aromatic carbocycles. The van der Waals surface area contributed by atoms with Crippen LogP contribution in [-0.2, 0) is 0 Å². The lowest BCUT2D eigenvalue weighted by atomic mass is 10.0. The summed E-state index contributed by atoms with van der Waals surface area (Å²) in [5.74, 6) is 5.98. The van der Waals surface area contributed by atoms with E-state index in [1.165, 1.54) is 0 Å². The van der Waals surface area contributed by atoms with Crippen LogP contribution in [0.5, 0.6) is 0 Å². The van der Waals surface area contributed by atoms with E-state index in [1.807, 2.05) is 25.1 Å². The summed E-state index contributed by atoms with van der Waals surface area (Å²) in [6.45, 7) is 1.96. The molecule has 1 aliphatic carbocycles. The van der Waals surface area contributed by atoms with Crippen LogP contribution in [0.25, 0.3) is 0 Å². The Labute approximate surface area is 101 Å². The lowest BCUT2D eigenvalue weighted by Gasteiger charge is -2.12. The maximum atomic E-state index is 10.1. The first-order chi connectivity index (χ1) is 7.59. The lowest BCUT2D eigenvalue weighted by molar-refractivity contribution is 0.110. The quantitative estimate of drug-likeness (QED) is 0.683. The number of benzene rings is 1. The molecule has 2 rings (SSSR count). The largest absolute Gasteiger partial charge is 0.378 e. The van der Waals surface area contributed by atoms with Gasteiger partial charge in [-0.3, -0.25) is 0 Å². The molecule has 16 heavy (non-hydrogen) atoms. The van der Waals surface area contributed by atoms with Crippen molar-refractivity contribution < 1.29 is 5.11 Å². The van der Waals surface area contributed by atoms with Crippen LogP contribution in [0, 0.1) is 18.8 Å². The second kappa shape index (κ2) is 4.49. The van der Waals surface area contributed by atoms with Gasteiger partial charge in [0.2, 0.25) is 0 Å². The van der Waals surface area contributed by atoms with Crippen molar-refractivity contribution in [2.24, 2.45) is 0 Å². The molecule has 84 valence electrons. The molecule has 0 amide bonds. The molecule has 1 nitrogen and oxygen atoms in total. The number of hydrogen-bond acceptors (Lipinski definition) is 1. The molecule has 0 aromatic heterocycles. The minimum absolute atomic E-state index is 0.727. The second-order valence-corrected chi connectivity index (χ2v) is 4.86. The predicted molar refractivity (Wildman–Crippen MR) is 66.5 cm³/mol. The third kappa shape index (κ3) is 2.58. The van der Waals surface area contributed by atoms with Crippen molar-refractivity contribution in [1.82, 2.24) is 0 Å². The molecule has 1 fully saturated rings. The normalized spacial score (nSPS) is 17.9. The predicted octanol–water partition coefficient (Wildman–Crippen LogP) is 3.31. The van der Waals surface area contributed by atoms with E-state index in [2.05, 4.69) is 11.8 Å². The number of halogens is 1. The Kier molecular flexibility index (Phi) is 3.23. The van der Waals surface area contributed by atoms with Crippen molar-refractivity contribution in [2.75, 3.05) is 0 Å². The second-order valence-electron chi connectivity index (χ2n) is 4.45. The van der Waals surface area contributed by atoms with Gasteiger partial charge in [-0.05, 0) is 50.3 Å². The molecule has 0 saturated heterocycles. The highest BCUT2D eigenvalue weighted by molar-refractivity contribution is 6.31. The highest BCUT2D eigenvalue weighted by Gasteiger charge is 2.28. The van der Waals surface area contributed by atoms with E-state index in [4.69, 9.17) is 11.6 Å². The summed E-state index contributed by atoms with van der Waals surface area (Å²) in [6.07, 6.45) is 3.72. The van der Waals surface area contributed by atoms with Gasteiger partial charge in [0, 0.05) is 10.6 Å². The Morgan fingerprint density at radius 3 is 2.62 bits per heavy atom. The number of rotatable bonds is 0. The first-order valence-corrected chi connectivity index (χ1v) is 5.99. The maximum Gasteiger partial charge on any atom is 0.125 e. The fourth-order valence-corrected chi connectivity index (χ4v) is 2.12. The minimum atomic E-state index is -0.767. The molecule has 0 heterocycles. The average Bonchev–Trinajstić information content (AvgIpc) is 2.68. The van der Waals surface area contributed by atoms with Crippen molar-refractivity contribution in [3.05, 3.63) is 34.3 Å². The third-order valence-electron chi connectivity index (χ3n) is 3.04. The van der Waals surface area contributed by atoms with E-state index in [1.54, 1.807) is 0 Å². The van der Waals surface area contributed by atoms with Gasteiger partial charge >= 0.3 is 0 Å². The van der Waals surface area contributed by atoms with Crippen LogP contribution >= 0.6 is 11.6 Å². The van der Waals surface area contributed by atoms with Crippen LogP contribution in [0.2, 0.25) is 5.02 Å². The molecule has 0 bridgehead atoms. The Hall–Kier alpha value is -0.970. The Morgan fingerprint density at radius 2 is 2.00 bits per heavy atom. The monoisotopic (exact) mass is 234 g/mol. The minimum Gasteiger partial charge on any atom is -0.378 e. The van der Waals surface area contributed by atoms with Crippen molar-refractivity contribution in [1.29, 1.82) is 0 Å². The van der Waals surface area contributed by atoms with Crippen molar-refractivity contribution in [2.45, 2.75) is 38.2 Å². The van der Waals surface area contributed by atoms with Crippen LogP contribution in [0.15, 0.2) is 18.2 Å². The van der Waals surface area contributed by atoms with E-state index in [0.29, 0.717) is 0 Å². The molecule has 1 aromatic rings. The van der Waals surface area contributed by atoms with Crippen LogP contribution in [0.4, 0.5) is 0 Å². The molecule has 1 saturated carbocycles. The van der Waals surface area contributed by atoms with E-state index in [9.17, 15) is 5.11 Å². The Morgan fingerprint density at radius 1 is 1.31 bits per heavy atom. The van der Waals surface area contributed by atoms with Gasteiger partial charge in [0.15, 0.2) is 0 Å². The van der Waals surface area contributed by atoms with Gasteiger partial charge in [-0.25, -0.2) is 0 Å². The molecular formula is C14H15ClO. The van der Waals surface area contributed by atoms with Crippen molar-refractivity contribution in [3.8, 4) is 11.8 Å². The number of aryl methyl sites for hydroxylation is 1. The Bertz CT molecular complexity index is 448. The summed E-state index contributed by atoms with van der Waals surface area (Å²) >= 11 is 6.01. The topological polar surface area (TPSA) is 20.2 Å². The smallest absolute Gasteiger partial charge is 0.125 e. The van der Waals surface area contributed by atoms with Gasteiger partial charge in [0.1, 0.15) is 5.60 Å². The summed E-state index contributed by atoms with van der Waals surface area (Å²) < 4.78 is 0. The fraction of sp³-hybridized carbons (Fsp3) is 0.429. The maximum absolute atomic E-state index is 10.1. The molecule has 0 unspecified atom stereocenters. The zero-order valence-corrected chi connectivity index (χ0v) is 10.1. The molecule has 0 radical (unpaired) electrons. The number of hydrogen-bond donors (Lipinski definition) is 1. The van der Waals surface area contributed by atoms with Gasteiger partial charge in [0.05, 0.1) is 0 Å². The van der Waals surface area contributed by atoms with Gasteiger partial charge < -0.3 is 5.11 Å². The van der Waals surface area contributed by atoms with Gasteiger partial charge in [-0.1, -0.05) is 29.5 Å². The van der Waals surface area contributed by atoms with Crippen LogP contribution < -0.4 is 0 Å². The first-order valence-electron chi connectivity index (χ1n) is 5.61. The summed E-state index contributed by atoms with van der Waals surface area (Å²) in [7, 11) is 0. The van der Waals surface area contributed by atoms with E-state index in [-0.39, 0.29) is 0 Å². The molecule has 0 aliphatic heterocycles. The lowest BCUT2D eigenvalue weighted by Crippen LogP contribution is -2.20. The summed E-state index contributed by atoms with van der Waals surface area (Å²) in [5, 5.41) is 10.8. The van der Waals surface area contributed by atoms with Gasteiger partial charge in [-0.2, -0.15) is 0 Å². The van der Waals surface area contributed by atoms with E-state index >= 15 is 0 Å². The summed E-state index contributed by atoms with van der Waals surface area (Å²) in [4.78, 5) is 0. The molecule has 1 aliphatic rings. The van der Waals surface area contributed by atoms with Gasteiger partial charge in [0.25, 0.3) is 0 Å². The average molecular weight is 235 g/mol. The van der Waals surface area contributed by atoms with Crippen molar-refractivity contribution in [3.63, 3.8) is 0 Å². The highest BCUT2D eigenvalue weighted by atomic mass is 35.5. The Balaban J connectivity index is 2.20.